The van der Waals surface area contributed by atoms with E-state index < -0.39 is 17.7 Å². The van der Waals surface area contributed by atoms with E-state index in [2.05, 4.69) is 10.6 Å². The monoisotopic (exact) mass is 258 g/mol. The minimum Gasteiger partial charge on any atom is -0.392 e. The summed E-state index contributed by atoms with van der Waals surface area (Å²) in [5.41, 5.74) is -4.26. The molecule has 2 atom stereocenters. The molecule has 0 aromatic rings. The van der Waals surface area contributed by atoms with Crippen molar-refractivity contribution < 1.29 is 23.1 Å². The molecule has 1 aliphatic rings. The van der Waals surface area contributed by atoms with Gasteiger partial charge in [-0.2, -0.15) is 13.2 Å². The van der Waals surface area contributed by atoms with Gasteiger partial charge in [-0.3, -0.25) is 4.79 Å². The van der Waals surface area contributed by atoms with Crippen LogP contribution < -0.4 is 10.6 Å². The summed E-state index contributed by atoms with van der Waals surface area (Å²) >= 11 is -0.166. The third-order valence-electron chi connectivity index (χ3n) is 2.09. The molecule has 8 heteroatoms. The van der Waals surface area contributed by atoms with Crippen molar-refractivity contribution in [2.75, 3.05) is 18.8 Å². The Bertz CT molecular complexity index is 250. The molecule has 1 amide bonds. The lowest BCUT2D eigenvalue weighted by atomic mass is 10.2. The summed E-state index contributed by atoms with van der Waals surface area (Å²) in [6.45, 7) is 0.312. The van der Waals surface area contributed by atoms with Crippen molar-refractivity contribution in [1.82, 2.24) is 10.6 Å². The number of carbonyl (C=O) groups excluding carboxylic acids is 1. The summed E-state index contributed by atoms with van der Waals surface area (Å²) in [5, 5.41) is 14.3. The summed E-state index contributed by atoms with van der Waals surface area (Å²) in [6, 6.07) is -0.495. The smallest absolute Gasteiger partial charge is 0.392 e. The van der Waals surface area contributed by atoms with Gasteiger partial charge in [0.05, 0.1) is 12.1 Å². The highest BCUT2D eigenvalue weighted by Crippen LogP contribution is 2.29. The Labute approximate surface area is 95.0 Å². The van der Waals surface area contributed by atoms with Gasteiger partial charge in [0.25, 0.3) is 0 Å². The predicted molar refractivity (Wildman–Crippen MR) is 53.9 cm³/mol. The number of hydrogen-bond donors (Lipinski definition) is 3. The zero-order valence-electron chi connectivity index (χ0n) is 8.38. The van der Waals surface area contributed by atoms with E-state index in [1.54, 1.807) is 0 Å². The maximum Gasteiger partial charge on any atom is 0.441 e. The van der Waals surface area contributed by atoms with E-state index in [0.29, 0.717) is 13.0 Å². The number of amides is 1. The molecule has 1 fully saturated rings. The molecule has 0 bridgehead atoms. The number of carbonyl (C=O) groups is 1. The first-order valence-corrected chi connectivity index (χ1v) is 5.77. The van der Waals surface area contributed by atoms with Crippen LogP contribution in [0.15, 0.2) is 0 Å². The molecule has 0 saturated carbocycles. The Balaban J connectivity index is 2.11. The van der Waals surface area contributed by atoms with Crippen LogP contribution in [0.4, 0.5) is 13.2 Å². The molecule has 0 aromatic carbocycles. The van der Waals surface area contributed by atoms with Crippen molar-refractivity contribution in [1.29, 1.82) is 0 Å². The van der Waals surface area contributed by atoms with E-state index >= 15 is 0 Å². The largest absolute Gasteiger partial charge is 0.441 e. The molecular weight excluding hydrogens is 245 g/mol. The molecule has 1 rings (SSSR count). The van der Waals surface area contributed by atoms with E-state index in [1.807, 2.05) is 0 Å². The minimum absolute atomic E-state index is 0.0305. The quantitative estimate of drug-likeness (QED) is 0.625. The molecule has 0 spiro atoms. The Morgan fingerprint density at radius 3 is 2.75 bits per heavy atom. The van der Waals surface area contributed by atoms with E-state index in [1.165, 1.54) is 0 Å². The number of nitrogens with one attached hydrogen (secondary N) is 2. The van der Waals surface area contributed by atoms with Crippen molar-refractivity contribution in [2.45, 2.75) is 24.1 Å². The molecule has 94 valence electrons. The van der Waals surface area contributed by atoms with Crippen LogP contribution in [0.5, 0.6) is 0 Å². The van der Waals surface area contributed by atoms with Crippen molar-refractivity contribution >= 4 is 17.7 Å². The number of rotatable bonds is 4. The summed E-state index contributed by atoms with van der Waals surface area (Å²) in [7, 11) is 0. The predicted octanol–water partition coefficient (Wildman–Crippen LogP) is 0.0784. The molecule has 1 aliphatic heterocycles. The minimum atomic E-state index is -4.26. The van der Waals surface area contributed by atoms with Crippen LogP contribution >= 0.6 is 11.8 Å². The molecule has 16 heavy (non-hydrogen) atoms. The highest BCUT2D eigenvalue weighted by atomic mass is 32.2. The van der Waals surface area contributed by atoms with Gasteiger partial charge in [-0.05, 0) is 18.2 Å². The van der Waals surface area contributed by atoms with E-state index in [0.717, 1.165) is 0 Å². The van der Waals surface area contributed by atoms with Crippen LogP contribution in [0.25, 0.3) is 0 Å². The fourth-order valence-electron chi connectivity index (χ4n) is 1.38. The number of alkyl halides is 3. The Hall–Kier alpha value is -0.470. The Morgan fingerprint density at radius 1 is 1.56 bits per heavy atom. The van der Waals surface area contributed by atoms with Gasteiger partial charge in [-0.25, -0.2) is 0 Å². The summed E-state index contributed by atoms with van der Waals surface area (Å²) < 4.78 is 35.2. The zero-order chi connectivity index (χ0) is 12.2. The molecule has 3 N–H and O–H groups in total. The lowest BCUT2D eigenvalue weighted by molar-refractivity contribution is -0.122. The molecule has 0 aliphatic carbocycles. The SMILES string of the molecule is O=C(NCCSC(F)(F)F)C1CC(O)CN1. The lowest BCUT2D eigenvalue weighted by Crippen LogP contribution is -2.41. The Kier molecular flexibility index (Phi) is 4.88. The van der Waals surface area contributed by atoms with E-state index in [9.17, 15) is 18.0 Å². The standard InChI is InChI=1S/C8H13F3N2O2S/c9-8(10,11)16-2-1-12-7(15)6-3-5(14)4-13-6/h5-6,13-14H,1-4H2,(H,12,15). The van der Waals surface area contributed by atoms with E-state index in [-0.39, 0.29) is 30.0 Å². The molecule has 0 radical (unpaired) electrons. The van der Waals surface area contributed by atoms with Crippen molar-refractivity contribution in [2.24, 2.45) is 0 Å². The van der Waals surface area contributed by atoms with Crippen LogP contribution in [0, 0.1) is 0 Å². The summed E-state index contributed by atoms with van der Waals surface area (Å²) in [4.78, 5) is 11.3. The number of aliphatic hydroxyl groups excluding tert-OH is 1. The molecular formula is C8H13F3N2O2S. The first kappa shape index (κ1) is 13.6. The van der Waals surface area contributed by atoms with Gasteiger partial charge in [-0.15, -0.1) is 0 Å². The topological polar surface area (TPSA) is 61.4 Å². The third kappa shape index (κ3) is 5.04. The van der Waals surface area contributed by atoms with Crippen LogP contribution in [-0.2, 0) is 4.79 Å². The van der Waals surface area contributed by atoms with Crippen LogP contribution in [0.3, 0.4) is 0 Å². The first-order chi connectivity index (χ1) is 7.38. The zero-order valence-corrected chi connectivity index (χ0v) is 9.20. The number of hydrogen-bond acceptors (Lipinski definition) is 4. The summed E-state index contributed by atoms with van der Waals surface area (Å²) in [6.07, 6.45) is -0.251. The second-order valence-corrected chi connectivity index (χ2v) is 4.60. The highest BCUT2D eigenvalue weighted by Gasteiger charge is 2.29. The first-order valence-electron chi connectivity index (χ1n) is 4.78. The van der Waals surface area contributed by atoms with Gasteiger partial charge in [0, 0.05) is 18.8 Å². The van der Waals surface area contributed by atoms with Crippen molar-refractivity contribution in [3.63, 3.8) is 0 Å². The van der Waals surface area contributed by atoms with Gasteiger partial charge in [-0.1, -0.05) is 0 Å². The fraction of sp³-hybridized carbons (Fsp3) is 0.875. The number of aliphatic hydroxyl groups is 1. The van der Waals surface area contributed by atoms with Gasteiger partial charge in [0.15, 0.2) is 0 Å². The van der Waals surface area contributed by atoms with Crippen LogP contribution in [0.2, 0.25) is 0 Å². The average Bonchev–Trinajstić information content (AvgIpc) is 2.57. The van der Waals surface area contributed by atoms with Crippen LogP contribution in [0.1, 0.15) is 6.42 Å². The lowest BCUT2D eigenvalue weighted by Gasteiger charge is -2.11. The highest BCUT2D eigenvalue weighted by molar-refractivity contribution is 8.00. The number of β-amino-alcohol motifs (C(OH)–C–C–N with tert-alkyl or cyclic N) is 1. The van der Waals surface area contributed by atoms with Gasteiger partial charge >= 0.3 is 5.51 Å². The third-order valence-corrected chi connectivity index (χ3v) is 2.83. The summed E-state index contributed by atoms with van der Waals surface area (Å²) in [5.74, 6) is -0.566. The second kappa shape index (κ2) is 5.74. The Morgan fingerprint density at radius 2 is 2.25 bits per heavy atom. The average molecular weight is 258 g/mol. The number of thioether (sulfide) groups is 1. The molecule has 4 nitrogen and oxygen atoms in total. The van der Waals surface area contributed by atoms with Crippen LogP contribution in [-0.4, -0.2) is 47.5 Å². The maximum atomic E-state index is 11.7. The maximum absolute atomic E-state index is 11.7. The van der Waals surface area contributed by atoms with Gasteiger partial charge in [0.2, 0.25) is 5.91 Å². The van der Waals surface area contributed by atoms with Gasteiger partial charge in [0.1, 0.15) is 0 Å². The van der Waals surface area contributed by atoms with E-state index in [4.69, 9.17) is 5.11 Å². The van der Waals surface area contributed by atoms with Crippen molar-refractivity contribution in [3.05, 3.63) is 0 Å². The molecule has 1 heterocycles. The molecule has 2 unspecified atom stereocenters. The van der Waals surface area contributed by atoms with Gasteiger partial charge < -0.3 is 15.7 Å². The second-order valence-electron chi connectivity index (χ2n) is 3.44. The normalized spacial score (nSPS) is 25.8. The van der Waals surface area contributed by atoms with Crippen molar-refractivity contribution in [3.8, 4) is 0 Å². The molecule has 1 saturated heterocycles. The number of halogens is 3. The fourth-order valence-corrected chi connectivity index (χ4v) is 1.82. The molecule has 0 aromatic heterocycles.